The maximum Gasteiger partial charge on any atom is 0.230 e. The highest BCUT2D eigenvalue weighted by Gasteiger charge is 2.32. The number of aryl methyl sites for hydroxylation is 1. The van der Waals surface area contributed by atoms with E-state index in [0.29, 0.717) is 12.5 Å². The van der Waals surface area contributed by atoms with E-state index in [-0.39, 0.29) is 11.5 Å². The fourth-order valence-electron chi connectivity index (χ4n) is 3.93. The molecule has 0 bridgehead atoms. The van der Waals surface area contributed by atoms with Crippen molar-refractivity contribution in [2.45, 2.75) is 40.7 Å². The number of aromatic nitrogens is 2. The molecule has 8 heteroatoms. The number of anilines is 3. The van der Waals surface area contributed by atoms with Crippen molar-refractivity contribution in [3.63, 3.8) is 0 Å². The Bertz CT molecular complexity index is 1320. The third-order valence-corrected chi connectivity index (χ3v) is 6.54. The molecule has 2 aromatic carbocycles. The minimum absolute atomic E-state index is 0.160. The van der Waals surface area contributed by atoms with Gasteiger partial charge in [0, 0.05) is 30.5 Å². The lowest BCUT2D eigenvalue weighted by molar-refractivity contribution is -0.127. The fraction of sp³-hybridized carbons (Fsp3) is 0.323. The van der Waals surface area contributed by atoms with Crippen molar-refractivity contribution >= 4 is 23.4 Å². The third-order valence-electron chi connectivity index (χ3n) is 6.54. The van der Waals surface area contributed by atoms with Crippen LogP contribution in [0.2, 0.25) is 0 Å². The molecule has 206 valence electrons. The predicted molar refractivity (Wildman–Crippen MR) is 159 cm³/mol. The zero-order chi connectivity index (χ0) is 28.4. The van der Waals surface area contributed by atoms with Crippen molar-refractivity contribution in [1.29, 1.82) is 0 Å². The van der Waals surface area contributed by atoms with E-state index in [2.05, 4.69) is 32.8 Å². The zero-order valence-electron chi connectivity index (χ0n) is 23.5. The predicted octanol–water partition coefficient (Wildman–Crippen LogP) is 6.29. The van der Waals surface area contributed by atoms with Crippen LogP contribution in [0.5, 0.6) is 0 Å². The Morgan fingerprint density at radius 3 is 2.54 bits per heavy atom. The van der Waals surface area contributed by atoms with Gasteiger partial charge in [-0.25, -0.2) is 9.37 Å². The summed E-state index contributed by atoms with van der Waals surface area (Å²) in [5, 5.41) is 12.8. The number of benzene rings is 2. The maximum atomic E-state index is 14.0. The SMILES string of the molecule is C=C(/C(F)=C\C)C(C)(C)C(=O)NCc1ccc(-c2cnc(Nc3cccc(C)c3)nc2NCCCNC)cc1. The second-order valence-corrected chi connectivity index (χ2v) is 9.95. The van der Waals surface area contributed by atoms with E-state index in [1.54, 1.807) is 20.8 Å². The van der Waals surface area contributed by atoms with E-state index in [4.69, 9.17) is 4.98 Å². The molecule has 0 saturated carbocycles. The lowest BCUT2D eigenvalue weighted by atomic mass is 9.83. The minimum atomic E-state index is -1.06. The van der Waals surface area contributed by atoms with Gasteiger partial charge < -0.3 is 21.3 Å². The van der Waals surface area contributed by atoms with Crippen molar-refractivity contribution in [3.8, 4) is 11.1 Å². The van der Waals surface area contributed by atoms with Crippen LogP contribution in [-0.4, -0.2) is 36.0 Å². The smallest absolute Gasteiger partial charge is 0.230 e. The first kappa shape index (κ1) is 29.5. The van der Waals surface area contributed by atoms with Crippen molar-refractivity contribution < 1.29 is 9.18 Å². The quantitative estimate of drug-likeness (QED) is 0.153. The Morgan fingerprint density at radius 1 is 1.13 bits per heavy atom. The Kier molecular flexibility index (Phi) is 10.3. The molecule has 0 aliphatic heterocycles. The number of amides is 1. The highest BCUT2D eigenvalue weighted by Crippen LogP contribution is 2.32. The first-order valence-electron chi connectivity index (χ1n) is 13.1. The van der Waals surface area contributed by atoms with E-state index in [1.165, 1.54) is 6.08 Å². The van der Waals surface area contributed by atoms with Crippen LogP contribution in [0.3, 0.4) is 0 Å². The molecule has 0 fully saturated rings. The van der Waals surface area contributed by atoms with Gasteiger partial charge in [-0.15, -0.1) is 0 Å². The summed E-state index contributed by atoms with van der Waals surface area (Å²) in [4.78, 5) is 22.1. The maximum absolute atomic E-state index is 14.0. The first-order chi connectivity index (χ1) is 18.6. The largest absolute Gasteiger partial charge is 0.369 e. The lowest BCUT2D eigenvalue weighted by Gasteiger charge is -2.25. The number of rotatable bonds is 13. The van der Waals surface area contributed by atoms with Crippen LogP contribution in [0.15, 0.2) is 78.8 Å². The molecule has 0 aliphatic carbocycles. The van der Waals surface area contributed by atoms with Gasteiger partial charge in [-0.3, -0.25) is 4.79 Å². The summed E-state index contributed by atoms with van der Waals surface area (Å²) in [6.07, 6.45) is 4.07. The van der Waals surface area contributed by atoms with Gasteiger partial charge in [0.05, 0.1) is 5.41 Å². The normalized spacial score (nSPS) is 11.7. The highest BCUT2D eigenvalue weighted by molar-refractivity contribution is 5.86. The molecule has 0 unspecified atom stereocenters. The molecule has 0 saturated heterocycles. The lowest BCUT2D eigenvalue weighted by Crippen LogP contribution is -2.37. The average Bonchev–Trinajstić information content (AvgIpc) is 2.93. The van der Waals surface area contributed by atoms with Crippen LogP contribution < -0.4 is 21.3 Å². The molecule has 4 N–H and O–H groups in total. The van der Waals surface area contributed by atoms with Crippen LogP contribution >= 0.6 is 0 Å². The van der Waals surface area contributed by atoms with Crippen LogP contribution in [0.25, 0.3) is 11.1 Å². The molecule has 1 aromatic heterocycles. The monoisotopic (exact) mass is 530 g/mol. The molecule has 7 nitrogen and oxygen atoms in total. The van der Waals surface area contributed by atoms with Gasteiger partial charge in [-0.1, -0.05) is 49.1 Å². The summed E-state index contributed by atoms with van der Waals surface area (Å²) in [7, 11) is 1.93. The van der Waals surface area contributed by atoms with Crippen LogP contribution in [0.1, 0.15) is 38.3 Å². The fourth-order valence-corrected chi connectivity index (χ4v) is 3.93. The number of allylic oxidation sites excluding steroid dienone is 2. The highest BCUT2D eigenvalue weighted by atomic mass is 19.1. The molecule has 0 atom stereocenters. The summed E-state index contributed by atoms with van der Waals surface area (Å²) < 4.78 is 14.0. The minimum Gasteiger partial charge on any atom is -0.369 e. The molecule has 0 radical (unpaired) electrons. The van der Waals surface area contributed by atoms with Gasteiger partial charge >= 0.3 is 0 Å². The van der Waals surface area contributed by atoms with Crippen molar-refractivity contribution in [2.24, 2.45) is 5.41 Å². The third kappa shape index (κ3) is 7.97. The molecular formula is C31H39FN6O. The first-order valence-corrected chi connectivity index (χ1v) is 13.1. The molecule has 3 rings (SSSR count). The van der Waals surface area contributed by atoms with E-state index < -0.39 is 11.2 Å². The summed E-state index contributed by atoms with van der Waals surface area (Å²) >= 11 is 0. The number of halogens is 1. The van der Waals surface area contributed by atoms with Crippen LogP contribution in [0, 0.1) is 12.3 Å². The molecule has 0 aliphatic rings. The molecule has 39 heavy (non-hydrogen) atoms. The Labute approximate surface area is 231 Å². The average molecular weight is 531 g/mol. The molecule has 1 heterocycles. The number of hydrogen-bond donors (Lipinski definition) is 4. The van der Waals surface area contributed by atoms with Crippen LogP contribution in [-0.2, 0) is 11.3 Å². The number of carbonyl (C=O) groups is 1. The number of nitrogens with one attached hydrogen (secondary N) is 4. The second kappa shape index (κ2) is 13.7. The van der Waals surface area contributed by atoms with Gasteiger partial charge in [-0.2, -0.15) is 4.98 Å². The van der Waals surface area contributed by atoms with Gasteiger partial charge in [0.15, 0.2) is 0 Å². The van der Waals surface area contributed by atoms with Crippen molar-refractivity contribution in [3.05, 3.63) is 89.9 Å². The summed E-state index contributed by atoms with van der Waals surface area (Å²) in [6, 6.07) is 15.9. The summed E-state index contributed by atoms with van der Waals surface area (Å²) in [6.45, 7) is 12.7. The summed E-state index contributed by atoms with van der Waals surface area (Å²) in [5.41, 5.74) is 3.93. The second-order valence-electron chi connectivity index (χ2n) is 9.95. The zero-order valence-corrected chi connectivity index (χ0v) is 23.5. The number of hydrogen-bond acceptors (Lipinski definition) is 6. The summed E-state index contributed by atoms with van der Waals surface area (Å²) in [5.74, 6) is 0.492. The Balaban J connectivity index is 1.75. The Hall–Kier alpha value is -4.04. The number of carbonyl (C=O) groups excluding carboxylic acids is 1. The van der Waals surface area contributed by atoms with Crippen LogP contribution in [0.4, 0.5) is 21.8 Å². The van der Waals surface area contributed by atoms with E-state index in [9.17, 15) is 9.18 Å². The van der Waals surface area contributed by atoms with Gasteiger partial charge in [0.1, 0.15) is 11.6 Å². The van der Waals surface area contributed by atoms with Gasteiger partial charge in [0.25, 0.3) is 0 Å². The Morgan fingerprint density at radius 2 is 1.87 bits per heavy atom. The van der Waals surface area contributed by atoms with Gasteiger partial charge in [-0.05, 0) is 82.1 Å². The molecule has 0 spiro atoms. The van der Waals surface area contributed by atoms with Gasteiger partial charge in [0.2, 0.25) is 11.9 Å². The molecule has 1 amide bonds. The topological polar surface area (TPSA) is 91.0 Å². The van der Waals surface area contributed by atoms with E-state index in [0.717, 1.165) is 53.3 Å². The molecule has 3 aromatic rings. The van der Waals surface area contributed by atoms with Crippen molar-refractivity contribution in [1.82, 2.24) is 20.6 Å². The van der Waals surface area contributed by atoms with Crippen molar-refractivity contribution in [2.75, 3.05) is 30.8 Å². The number of nitrogens with zero attached hydrogens (tertiary/aromatic N) is 2. The molecular weight excluding hydrogens is 491 g/mol. The van der Waals surface area contributed by atoms with E-state index in [1.807, 2.05) is 68.7 Å². The van der Waals surface area contributed by atoms with E-state index >= 15 is 0 Å². The standard InChI is InChI=1S/C31H39FN6O/c1-7-27(32)22(3)31(4,5)29(39)35-19-23-12-14-24(15-13-23)26-20-36-30(37-25-11-8-10-21(2)18-25)38-28(26)34-17-9-16-33-6/h7-8,10-15,18,20,33H,3,9,16-17,19H2,1-2,4-6H3,(H,35,39)(H2,34,36,37,38)/b27-7+.